The van der Waals surface area contributed by atoms with Gasteiger partial charge in [0.1, 0.15) is 11.6 Å². The van der Waals surface area contributed by atoms with Gasteiger partial charge in [-0.05, 0) is 24.1 Å². The average Bonchev–Trinajstić information content (AvgIpc) is 2.26. The SMILES string of the molecule is CCC1(C)C(=O)CC1c1ccc(F)cc1Cl. The van der Waals surface area contributed by atoms with E-state index in [1.807, 2.05) is 13.8 Å². The van der Waals surface area contributed by atoms with Crippen LogP contribution in [0, 0.1) is 11.2 Å². The van der Waals surface area contributed by atoms with Gasteiger partial charge in [-0.15, -0.1) is 0 Å². The van der Waals surface area contributed by atoms with Crippen LogP contribution in [0.15, 0.2) is 18.2 Å². The van der Waals surface area contributed by atoms with E-state index >= 15 is 0 Å². The Morgan fingerprint density at radius 1 is 1.56 bits per heavy atom. The van der Waals surface area contributed by atoms with E-state index in [1.54, 1.807) is 6.07 Å². The Hall–Kier alpha value is -0.890. The molecular formula is C13H14ClFO. The summed E-state index contributed by atoms with van der Waals surface area (Å²) in [6.45, 7) is 3.96. The van der Waals surface area contributed by atoms with E-state index in [2.05, 4.69) is 0 Å². The van der Waals surface area contributed by atoms with Crippen LogP contribution in [-0.4, -0.2) is 5.78 Å². The first-order chi connectivity index (χ1) is 7.49. The number of ketones is 1. The molecule has 86 valence electrons. The molecule has 0 aromatic heterocycles. The fraction of sp³-hybridized carbons (Fsp3) is 0.462. The van der Waals surface area contributed by atoms with E-state index in [0.717, 1.165) is 12.0 Å². The standard InChI is InChI=1S/C13H14ClFO/c1-3-13(2)10(7-12(13)16)9-5-4-8(15)6-11(9)14/h4-6,10H,3,7H2,1-2H3. The van der Waals surface area contributed by atoms with Crippen molar-refractivity contribution in [3.63, 3.8) is 0 Å². The van der Waals surface area contributed by atoms with Crippen molar-refractivity contribution in [2.45, 2.75) is 32.6 Å². The topological polar surface area (TPSA) is 17.1 Å². The molecule has 1 fully saturated rings. The maximum Gasteiger partial charge on any atom is 0.140 e. The van der Waals surface area contributed by atoms with E-state index in [9.17, 15) is 9.18 Å². The van der Waals surface area contributed by atoms with Gasteiger partial charge in [0.15, 0.2) is 0 Å². The number of Topliss-reactive ketones (excluding diaryl/α,β-unsaturated/α-hetero) is 1. The lowest BCUT2D eigenvalue weighted by atomic mass is 9.56. The lowest BCUT2D eigenvalue weighted by Gasteiger charge is -2.45. The van der Waals surface area contributed by atoms with Crippen LogP contribution in [0.3, 0.4) is 0 Å². The molecule has 0 N–H and O–H groups in total. The molecule has 2 rings (SSSR count). The number of carbonyl (C=O) groups excluding carboxylic acids is 1. The summed E-state index contributed by atoms with van der Waals surface area (Å²) >= 11 is 6.02. The highest BCUT2D eigenvalue weighted by Gasteiger charge is 2.50. The molecule has 2 unspecified atom stereocenters. The minimum absolute atomic E-state index is 0.137. The smallest absolute Gasteiger partial charge is 0.140 e. The zero-order valence-corrected chi connectivity index (χ0v) is 10.1. The molecule has 0 spiro atoms. The van der Waals surface area contributed by atoms with Crippen LogP contribution in [-0.2, 0) is 4.79 Å². The molecule has 3 heteroatoms. The summed E-state index contributed by atoms with van der Waals surface area (Å²) in [6, 6.07) is 4.42. The summed E-state index contributed by atoms with van der Waals surface area (Å²) in [5.41, 5.74) is 0.577. The van der Waals surface area contributed by atoms with Gasteiger partial charge in [0.25, 0.3) is 0 Å². The lowest BCUT2D eigenvalue weighted by molar-refractivity contribution is -0.139. The van der Waals surface area contributed by atoms with Gasteiger partial charge in [-0.2, -0.15) is 0 Å². The average molecular weight is 241 g/mol. The number of halogens is 2. The summed E-state index contributed by atoms with van der Waals surface area (Å²) in [4.78, 5) is 11.6. The highest BCUT2D eigenvalue weighted by Crippen LogP contribution is 2.53. The van der Waals surface area contributed by atoms with Crippen LogP contribution >= 0.6 is 11.6 Å². The Morgan fingerprint density at radius 2 is 2.25 bits per heavy atom. The minimum Gasteiger partial charge on any atom is -0.299 e. The van der Waals surface area contributed by atoms with E-state index in [4.69, 9.17) is 11.6 Å². The van der Waals surface area contributed by atoms with Crippen molar-refractivity contribution in [3.05, 3.63) is 34.6 Å². The van der Waals surface area contributed by atoms with Crippen LogP contribution in [0.5, 0.6) is 0 Å². The van der Waals surface area contributed by atoms with Gasteiger partial charge < -0.3 is 0 Å². The fourth-order valence-corrected chi connectivity index (χ4v) is 2.69. The Morgan fingerprint density at radius 3 is 2.75 bits per heavy atom. The molecule has 0 amide bonds. The van der Waals surface area contributed by atoms with Crippen LogP contribution < -0.4 is 0 Å². The lowest BCUT2D eigenvalue weighted by Crippen LogP contribution is -2.45. The largest absolute Gasteiger partial charge is 0.299 e. The minimum atomic E-state index is -0.336. The molecule has 2 atom stereocenters. The van der Waals surface area contributed by atoms with Gasteiger partial charge >= 0.3 is 0 Å². The summed E-state index contributed by atoms with van der Waals surface area (Å²) in [5, 5.41) is 0.428. The molecule has 1 aliphatic carbocycles. The number of hydrogen-bond acceptors (Lipinski definition) is 1. The van der Waals surface area contributed by atoms with Crippen molar-refractivity contribution in [2.24, 2.45) is 5.41 Å². The molecule has 0 bridgehead atoms. The highest BCUT2D eigenvalue weighted by molar-refractivity contribution is 6.31. The van der Waals surface area contributed by atoms with Gasteiger partial charge in [-0.25, -0.2) is 4.39 Å². The van der Waals surface area contributed by atoms with Crippen LogP contribution in [0.1, 0.15) is 38.2 Å². The van der Waals surface area contributed by atoms with Crippen LogP contribution in [0.25, 0.3) is 0 Å². The predicted octanol–water partition coefficient (Wildman–Crippen LogP) is 3.95. The fourth-order valence-electron chi connectivity index (χ4n) is 2.39. The number of hydrogen-bond donors (Lipinski definition) is 0. The number of rotatable bonds is 2. The van der Waals surface area contributed by atoms with Gasteiger partial charge in [-0.1, -0.05) is 31.5 Å². The van der Waals surface area contributed by atoms with Gasteiger partial charge in [0.05, 0.1) is 0 Å². The predicted molar refractivity (Wildman–Crippen MR) is 62.2 cm³/mol. The normalized spacial score (nSPS) is 29.0. The summed E-state index contributed by atoms with van der Waals surface area (Å²) in [5.74, 6) is 0.0797. The molecule has 1 aromatic rings. The zero-order valence-electron chi connectivity index (χ0n) is 9.39. The molecule has 1 nitrogen and oxygen atoms in total. The second kappa shape index (κ2) is 3.85. The Bertz CT molecular complexity index is 444. The molecule has 0 saturated heterocycles. The van der Waals surface area contributed by atoms with Crippen molar-refractivity contribution in [1.82, 2.24) is 0 Å². The van der Waals surface area contributed by atoms with E-state index < -0.39 is 0 Å². The Balaban J connectivity index is 2.36. The molecule has 1 aromatic carbocycles. The third-order valence-corrected chi connectivity index (χ3v) is 4.20. The molecule has 0 aliphatic heterocycles. The summed E-state index contributed by atoms with van der Waals surface area (Å²) < 4.78 is 12.9. The van der Waals surface area contributed by atoms with Crippen molar-refractivity contribution < 1.29 is 9.18 Å². The highest BCUT2D eigenvalue weighted by atomic mass is 35.5. The molecule has 0 radical (unpaired) electrons. The van der Waals surface area contributed by atoms with Crippen molar-refractivity contribution in [3.8, 4) is 0 Å². The van der Waals surface area contributed by atoms with Gasteiger partial charge in [0.2, 0.25) is 0 Å². The summed E-state index contributed by atoms with van der Waals surface area (Å²) in [7, 11) is 0. The molecule has 16 heavy (non-hydrogen) atoms. The molecule has 1 aliphatic rings. The van der Waals surface area contributed by atoms with Crippen LogP contribution in [0.2, 0.25) is 5.02 Å². The first kappa shape index (κ1) is 11.6. The molecule has 0 heterocycles. The third kappa shape index (κ3) is 1.56. The zero-order chi connectivity index (χ0) is 11.9. The monoisotopic (exact) mass is 240 g/mol. The van der Waals surface area contributed by atoms with Gasteiger partial charge in [0, 0.05) is 22.8 Å². The second-order valence-electron chi connectivity index (χ2n) is 4.62. The van der Waals surface area contributed by atoms with E-state index in [1.165, 1.54) is 12.1 Å². The van der Waals surface area contributed by atoms with Crippen molar-refractivity contribution >= 4 is 17.4 Å². The van der Waals surface area contributed by atoms with E-state index in [0.29, 0.717) is 11.4 Å². The first-order valence-corrected chi connectivity index (χ1v) is 5.85. The Labute approximate surface area is 99.6 Å². The number of carbonyl (C=O) groups is 1. The molecular weight excluding hydrogens is 227 g/mol. The van der Waals surface area contributed by atoms with Crippen molar-refractivity contribution in [1.29, 1.82) is 0 Å². The Kier molecular flexibility index (Phi) is 2.79. The third-order valence-electron chi connectivity index (χ3n) is 3.87. The van der Waals surface area contributed by atoms with Gasteiger partial charge in [-0.3, -0.25) is 4.79 Å². The summed E-state index contributed by atoms with van der Waals surface area (Å²) in [6.07, 6.45) is 1.32. The number of benzene rings is 1. The quantitative estimate of drug-likeness (QED) is 0.765. The maximum atomic E-state index is 12.9. The first-order valence-electron chi connectivity index (χ1n) is 5.47. The van der Waals surface area contributed by atoms with E-state index in [-0.39, 0.29) is 22.9 Å². The second-order valence-corrected chi connectivity index (χ2v) is 5.02. The maximum absolute atomic E-state index is 12.9. The van der Waals surface area contributed by atoms with Crippen LogP contribution in [0.4, 0.5) is 4.39 Å². The van der Waals surface area contributed by atoms with Crippen molar-refractivity contribution in [2.75, 3.05) is 0 Å². The molecule has 1 saturated carbocycles.